The number of methoxy groups -OCH3 is 1. The van der Waals surface area contributed by atoms with E-state index in [-0.39, 0.29) is 22.6 Å². The number of ether oxygens (including phenoxy) is 1. The van der Waals surface area contributed by atoms with Crippen molar-refractivity contribution in [3.05, 3.63) is 47.5 Å². The van der Waals surface area contributed by atoms with Crippen LogP contribution in [0.15, 0.2) is 36.4 Å². The molecule has 2 atom stereocenters. The van der Waals surface area contributed by atoms with Crippen LogP contribution in [0.3, 0.4) is 0 Å². The molecule has 0 aliphatic heterocycles. The molecule has 16 heteroatoms. The summed E-state index contributed by atoms with van der Waals surface area (Å²) < 4.78 is 4.50. The van der Waals surface area contributed by atoms with Crippen LogP contribution in [0.5, 0.6) is 0 Å². The van der Waals surface area contributed by atoms with Gasteiger partial charge in [0.15, 0.2) is 0 Å². The summed E-state index contributed by atoms with van der Waals surface area (Å²) in [6.45, 7) is 17.1. The minimum atomic E-state index is -1.25. The quantitative estimate of drug-likeness (QED) is 0.156. The Morgan fingerprint density at radius 3 is 1.24 bits per heavy atom. The summed E-state index contributed by atoms with van der Waals surface area (Å²) in [6, 6.07) is 7.93. The largest absolute Gasteiger partial charge is 0.480 e. The van der Waals surface area contributed by atoms with E-state index in [0.717, 1.165) is 11.1 Å². The number of benzene rings is 2. The minimum absolute atomic E-state index is 0.254. The van der Waals surface area contributed by atoms with Gasteiger partial charge in [0.1, 0.15) is 12.1 Å². The standard InChI is InChI=1S/C18H25N3O5.C17H23N3O5/c1-10(17(25)26-6)19-15(23)16(24)21-14-9-12(20-11(2)22)7-8-13(14)18(3,4)5;1-9(16(24)25)18-14(22)15(23)20-13-8-11(19-10(2)21)6-7-12(13)17(3,4)5/h7-10H,1-6H3,(H,19,23)(H,20,22)(H,21,24);6-9H,1-5H3,(H,18,22)(H,19,21)(H,20,23)(H,24,25)/t10-;9-/m00/s1. The maximum atomic E-state index is 12.2. The smallest absolute Gasteiger partial charge is 0.328 e. The molecule has 0 fully saturated rings. The lowest BCUT2D eigenvalue weighted by Crippen LogP contribution is -2.44. The highest BCUT2D eigenvalue weighted by Gasteiger charge is 2.26. The molecule has 2 rings (SSSR count). The first kappa shape index (κ1) is 43.2. The van der Waals surface area contributed by atoms with Crippen molar-refractivity contribution in [3.8, 4) is 0 Å². The molecule has 7 N–H and O–H groups in total. The lowest BCUT2D eigenvalue weighted by Gasteiger charge is -2.24. The number of amides is 6. The van der Waals surface area contributed by atoms with E-state index in [1.807, 2.05) is 41.5 Å². The maximum absolute atomic E-state index is 12.2. The van der Waals surface area contributed by atoms with Gasteiger partial charge < -0.3 is 41.7 Å². The molecule has 0 heterocycles. The van der Waals surface area contributed by atoms with Gasteiger partial charge in [-0.15, -0.1) is 0 Å². The van der Waals surface area contributed by atoms with Gasteiger partial charge >= 0.3 is 35.6 Å². The Hall–Kier alpha value is -5.80. The molecule has 0 radical (unpaired) electrons. The third-order valence-electron chi connectivity index (χ3n) is 6.83. The fourth-order valence-electron chi connectivity index (χ4n) is 4.35. The van der Waals surface area contributed by atoms with Crippen LogP contribution in [0.25, 0.3) is 0 Å². The van der Waals surface area contributed by atoms with Gasteiger partial charge in [0.05, 0.1) is 7.11 Å². The van der Waals surface area contributed by atoms with E-state index in [0.29, 0.717) is 22.7 Å². The number of aliphatic carboxylic acids is 1. The number of anilines is 4. The number of hydrogen-bond acceptors (Lipinski definition) is 9. The van der Waals surface area contributed by atoms with Crippen LogP contribution in [-0.2, 0) is 53.9 Å². The third kappa shape index (κ3) is 14.3. The lowest BCUT2D eigenvalue weighted by atomic mass is 9.85. The third-order valence-corrected chi connectivity index (χ3v) is 6.83. The monoisotopic (exact) mass is 712 g/mol. The first-order chi connectivity index (χ1) is 23.4. The molecule has 16 nitrogen and oxygen atoms in total. The summed E-state index contributed by atoms with van der Waals surface area (Å²) in [5.41, 5.74) is 2.62. The Morgan fingerprint density at radius 1 is 0.588 bits per heavy atom. The predicted octanol–water partition coefficient (Wildman–Crippen LogP) is 3.03. The van der Waals surface area contributed by atoms with Gasteiger partial charge in [0, 0.05) is 36.6 Å². The van der Waals surface area contributed by atoms with Gasteiger partial charge in [0.2, 0.25) is 11.8 Å². The van der Waals surface area contributed by atoms with Crippen molar-refractivity contribution < 1.29 is 48.2 Å². The molecule has 0 aliphatic rings. The van der Waals surface area contributed by atoms with Crippen LogP contribution in [0.4, 0.5) is 22.7 Å². The summed E-state index contributed by atoms with van der Waals surface area (Å²) >= 11 is 0. The van der Waals surface area contributed by atoms with E-state index in [2.05, 4.69) is 36.6 Å². The summed E-state index contributed by atoms with van der Waals surface area (Å²) in [5.74, 6) is -6.36. The first-order valence-corrected chi connectivity index (χ1v) is 15.8. The molecule has 0 aromatic heterocycles. The van der Waals surface area contributed by atoms with Crippen LogP contribution in [-0.4, -0.2) is 71.7 Å². The second-order valence-corrected chi connectivity index (χ2v) is 13.5. The van der Waals surface area contributed by atoms with E-state index in [4.69, 9.17) is 5.11 Å². The fourth-order valence-corrected chi connectivity index (χ4v) is 4.35. The van der Waals surface area contributed by atoms with Crippen molar-refractivity contribution in [3.63, 3.8) is 0 Å². The Labute approximate surface area is 296 Å². The zero-order chi connectivity index (χ0) is 39.4. The summed E-state index contributed by atoms with van der Waals surface area (Å²) in [7, 11) is 1.19. The molecule has 0 unspecified atom stereocenters. The number of hydrogen-bond donors (Lipinski definition) is 7. The molecule has 2 aromatic rings. The SMILES string of the molecule is CC(=O)Nc1ccc(C(C)(C)C)c(NC(=O)C(=O)N[C@@H](C)C(=O)O)c1.COC(=O)[C@H](C)NC(=O)C(=O)Nc1cc(NC(C)=O)ccc1C(C)(C)C. The molecular formula is C35H48N6O10. The molecule has 51 heavy (non-hydrogen) atoms. The molecule has 278 valence electrons. The molecular weight excluding hydrogens is 664 g/mol. The van der Waals surface area contributed by atoms with E-state index in [1.165, 1.54) is 34.8 Å². The normalized spacial score (nSPS) is 12.0. The van der Waals surface area contributed by atoms with Gasteiger partial charge in [-0.1, -0.05) is 53.7 Å². The van der Waals surface area contributed by atoms with Gasteiger partial charge in [-0.05, 0) is 60.1 Å². The zero-order valence-electron chi connectivity index (χ0n) is 30.7. The highest BCUT2D eigenvalue weighted by Crippen LogP contribution is 2.33. The van der Waals surface area contributed by atoms with Gasteiger partial charge in [-0.25, -0.2) is 4.79 Å². The van der Waals surface area contributed by atoms with Crippen molar-refractivity contribution in [1.82, 2.24) is 10.6 Å². The number of rotatable bonds is 8. The van der Waals surface area contributed by atoms with Crippen molar-refractivity contribution in [2.75, 3.05) is 28.4 Å². The number of carbonyl (C=O) groups is 8. The van der Waals surface area contributed by atoms with Crippen LogP contribution in [0.2, 0.25) is 0 Å². The summed E-state index contributed by atoms with van der Waals surface area (Å²) in [6.07, 6.45) is 0. The number of carboxylic acid groups (broad SMARTS) is 1. The number of esters is 1. The zero-order valence-corrected chi connectivity index (χ0v) is 30.7. The van der Waals surface area contributed by atoms with Crippen molar-refractivity contribution in [2.24, 2.45) is 0 Å². The molecule has 0 aliphatic carbocycles. The highest BCUT2D eigenvalue weighted by molar-refractivity contribution is 6.40. The molecule has 0 saturated carbocycles. The Kier molecular flexibility index (Phi) is 15.5. The fraction of sp³-hybridized carbons (Fsp3) is 0.429. The van der Waals surface area contributed by atoms with Crippen molar-refractivity contribution >= 4 is 70.1 Å². The number of nitrogens with one attached hydrogen (secondary N) is 6. The second-order valence-electron chi connectivity index (χ2n) is 13.5. The van der Waals surface area contributed by atoms with Gasteiger partial charge in [-0.2, -0.15) is 0 Å². The van der Waals surface area contributed by atoms with E-state index >= 15 is 0 Å². The molecule has 0 spiro atoms. The Balaban J connectivity index is 0.000000510. The Morgan fingerprint density at radius 2 is 0.941 bits per heavy atom. The molecule has 2 aromatic carbocycles. The van der Waals surface area contributed by atoms with Crippen molar-refractivity contribution in [1.29, 1.82) is 0 Å². The van der Waals surface area contributed by atoms with Crippen LogP contribution >= 0.6 is 0 Å². The molecule has 0 saturated heterocycles. The predicted molar refractivity (Wildman–Crippen MR) is 191 cm³/mol. The Bertz CT molecular complexity index is 1670. The van der Waals surface area contributed by atoms with Gasteiger partial charge in [0.25, 0.3) is 0 Å². The van der Waals surface area contributed by atoms with Crippen LogP contribution in [0, 0.1) is 0 Å². The van der Waals surface area contributed by atoms with Crippen molar-refractivity contribution in [2.45, 2.75) is 92.2 Å². The van der Waals surface area contributed by atoms with E-state index < -0.39 is 47.7 Å². The number of carboxylic acids is 1. The first-order valence-electron chi connectivity index (χ1n) is 15.8. The molecule has 0 bridgehead atoms. The molecule has 6 amide bonds. The average Bonchev–Trinajstić information content (AvgIpc) is 2.99. The van der Waals surface area contributed by atoms with E-state index in [9.17, 15) is 38.4 Å². The summed E-state index contributed by atoms with van der Waals surface area (Å²) in [5, 5.41) is 23.4. The van der Waals surface area contributed by atoms with Crippen LogP contribution in [0.1, 0.15) is 80.4 Å². The van der Waals surface area contributed by atoms with E-state index in [1.54, 1.807) is 36.4 Å². The minimum Gasteiger partial charge on any atom is -0.480 e. The second kappa shape index (κ2) is 18.3. The average molecular weight is 713 g/mol. The van der Waals surface area contributed by atoms with Crippen LogP contribution < -0.4 is 31.9 Å². The highest BCUT2D eigenvalue weighted by atomic mass is 16.5. The topological polar surface area (TPSA) is 238 Å². The maximum Gasteiger partial charge on any atom is 0.328 e. The van der Waals surface area contributed by atoms with Gasteiger partial charge in [-0.3, -0.25) is 33.6 Å². The lowest BCUT2D eigenvalue weighted by molar-refractivity contribution is -0.145. The number of carbonyl (C=O) groups excluding carboxylic acids is 7. The summed E-state index contributed by atoms with van der Waals surface area (Å²) in [4.78, 5) is 92.7.